The Labute approximate surface area is 136 Å². The first kappa shape index (κ1) is 16.7. The molecular formula is C17H26BrNO2. The molecule has 2 fully saturated rings. The van der Waals surface area contributed by atoms with Crippen molar-refractivity contribution >= 4 is 22.0 Å². The van der Waals surface area contributed by atoms with Gasteiger partial charge in [-0.25, -0.2) is 4.79 Å². The highest BCUT2D eigenvalue weighted by Gasteiger charge is 2.46. The van der Waals surface area contributed by atoms with Crippen LogP contribution in [0.15, 0.2) is 0 Å². The molecule has 1 saturated heterocycles. The van der Waals surface area contributed by atoms with Gasteiger partial charge in [0.05, 0.1) is 4.83 Å². The molecule has 118 valence electrons. The van der Waals surface area contributed by atoms with Crippen LogP contribution in [0.3, 0.4) is 0 Å². The number of carbonyl (C=O) groups excluding carboxylic acids is 1. The Kier molecular flexibility index (Phi) is 4.92. The van der Waals surface area contributed by atoms with E-state index in [4.69, 9.17) is 4.74 Å². The lowest BCUT2D eigenvalue weighted by molar-refractivity contribution is -0.0157. The summed E-state index contributed by atoms with van der Waals surface area (Å²) in [4.78, 5) is 14.2. The van der Waals surface area contributed by atoms with Crippen molar-refractivity contribution in [3.05, 3.63) is 0 Å². The molecule has 3 nitrogen and oxygen atoms in total. The predicted molar refractivity (Wildman–Crippen MR) is 88.4 cm³/mol. The molecule has 0 N–H and O–H groups in total. The van der Waals surface area contributed by atoms with Crippen LogP contribution in [0.4, 0.5) is 4.79 Å². The molecule has 1 aliphatic heterocycles. The number of hydrogen-bond donors (Lipinski definition) is 0. The number of likely N-dealkylation sites (tertiary alicyclic amines) is 1. The van der Waals surface area contributed by atoms with Crippen LogP contribution in [-0.4, -0.2) is 34.5 Å². The largest absolute Gasteiger partial charge is 0.444 e. The fourth-order valence-corrected chi connectivity index (χ4v) is 3.35. The van der Waals surface area contributed by atoms with Crippen LogP contribution < -0.4 is 0 Å². The van der Waals surface area contributed by atoms with Crippen molar-refractivity contribution in [3.8, 4) is 11.8 Å². The summed E-state index contributed by atoms with van der Waals surface area (Å²) in [6.07, 6.45) is 4.41. The average Bonchev–Trinajstić information content (AvgIpc) is 2.32. The van der Waals surface area contributed by atoms with Gasteiger partial charge in [-0.15, -0.1) is 0 Å². The Morgan fingerprint density at radius 1 is 1.33 bits per heavy atom. The fraction of sp³-hybridized carbons (Fsp3) is 0.824. The summed E-state index contributed by atoms with van der Waals surface area (Å²) in [5.41, 5.74) is 0.0309. The average molecular weight is 356 g/mol. The molecule has 1 heterocycles. The lowest BCUT2D eigenvalue weighted by atomic mass is 9.58. The van der Waals surface area contributed by atoms with Gasteiger partial charge >= 0.3 is 6.09 Å². The molecule has 21 heavy (non-hydrogen) atoms. The van der Waals surface area contributed by atoms with Gasteiger partial charge in [0.1, 0.15) is 5.60 Å². The van der Waals surface area contributed by atoms with E-state index in [0.717, 1.165) is 25.9 Å². The molecule has 0 radical (unpaired) electrons. The third-order valence-electron chi connectivity index (χ3n) is 4.32. The van der Waals surface area contributed by atoms with E-state index in [1.54, 1.807) is 0 Å². The maximum absolute atomic E-state index is 12.0. The predicted octanol–water partition coefficient (Wildman–Crippen LogP) is 4.20. The summed E-state index contributed by atoms with van der Waals surface area (Å²) >= 11 is 3.46. The number of halogens is 1. The Morgan fingerprint density at radius 3 is 2.38 bits per heavy atom. The minimum atomic E-state index is -0.407. The first-order valence-electron chi connectivity index (χ1n) is 7.82. The topological polar surface area (TPSA) is 29.5 Å². The van der Waals surface area contributed by atoms with E-state index in [9.17, 15) is 4.79 Å². The van der Waals surface area contributed by atoms with Crippen LogP contribution in [0.2, 0.25) is 0 Å². The molecule has 2 rings (SSSR count). The molecule has 0 bridgehead atoms. The first-order chi connectivity index (χ1) is 9.69. The van der Waals surface area contributed by atoms with Gasteiger partial charge < -0.3 is 9.64 Å². The Morgan fingerprint density at radius 2 is 1.90 bits per heavy atom. The summed E-state index contributed by atoms with van der Waals surface area (Å²) in [5, 5.41) is 0. The van der Waals surface area contributed by atoms with Gasteiger partial charge in [0.2, 0.25) is 0 Å². The second-order valence-corrected chi connectivity index (χ2v) is 8.85. The second kappa shape index (κ2) is 6.20. The second-order valence-electron chi connectivity index (χ2n) is 7.48. The highest BCUT2D eigenvalue weighted by Crippen LogP contribution is 2.52. The van der Waals surface area contributed by atoms with E-state index in [0.29, 0.717) is 11.3 Å². The van der Waals surface area contributed by atoms with Crippen molar-refractivity contribution in [2.45, 2.75) is 63.8 Å². The third kappa shape index (κ3) is 4.64. The molecule has 1 spiro atoms. The van der Waals surface area contributed by atoms with Crippen molar-refractivity contribution in [1.29, 1.82) is 0 Å². The van der Waals surface area contributed by atoms with Gasteiger partial charge in [-0.2, -0.15) is 0 Å². The number of piperidine rings is 1. The molecule has 1 aliphatic carbocycles. The third-order valence-corrected chi connectivity index (χ3v) is 4.55. The first-order valence-corrected chi connectivity index (χ1v) is 8.74. The van der Waals surface area contributed by atoms with Crippen LogP contribution in [0.25, 0.3) is 0 Å². The number of alkyl halides is 1. The lowest BCUT2D eigenvalue weighted by Crippen LogP contribution is -2.49. The molecule has 0 aromatic carbocycles. The number of carbonyl (C=O) groups is 1. The van der Waals surface area contributed by atoms with Crippen LogP contribution >= 0.6 is 15.9 Å². The van der Waals surface area contributed by atoms with Crippen molar-refractivity contribution in [1.82, 2.24) is 4.90 Å². The van der Waals surface area contributed by atoms with Gasteiger partial charge in [-0.3, -0.25) is 0 Å². The van der Waals surface area contributed by atoms with Crippen molar-refractivity contribution in [2.24, 2.45) is 11.3 Å². The zero-order valence-corrected chi connectivity index (χ0v) is 15.1. The minimum absolute atomic E-state index is 0.166. The number of rotatable bonds is 0. The molecule has 4 heteroatoms. The standard InChI is InChI=1S/C17H26BrNO2/c1-13(18)5-6-14-11-17(12-14)7-9-19(10-8-17)15(20)21-16(2,3)4/h13-14H,7-12H2,1-4H3/t13-/m0/s1. The van der Waals surface area contributed by atoms with E-state index in [1.165, 1.54) is 12.8 Å². The monoisotopic (exact) mass is 355 g/mol. The summed E-state index contributed by atoms with van der Waals surface area (Å²) in [6.45, 7) is 9.44. The summed E-state index contributed by atoms with van der Waals surface area (Å²) < 4.78 is 5.44. The van der Waals surface area contributed by atoms with Gasteiger partial charge in [-0.1, -0.05) is 27.8 Å². The van der Waals surface area contributed by atoms with Gasteiger partial charge in [-0.05, 0) is 58.8 Å². The molecule has 1 atom stereocenters. The zero-order chi connectivity index (χ0) is 15.7. The van der Waals surface area contributed by atoms with Gasteiger partial charge in [0.15, 0.2) is 0 Å². The van der Waals surface area contributed by atoms with Crippen LogP contribution in [0.1, 0.15) is 53.4 Å². The molecule has 2 aliphatic rings. The summed E-state index contributed by atoms with van der Waals surface area (Å²) in [6, 6.07) is 0. The van der Waals surface area contributed by atoms with Crippen LogP contribution in [-0.2, 0) is 4.74 Å². The maximum Gasteiger partial charge on any atom is 0.410 e. The molecule has 1 amide bonds. The SMILES string of the molecule is C[C@H](Br)C#CC1CC2(CCN(C(=O)OC(C)(C)C)CC2)C1. The molecule has 0 aromatic heterocycles. The highest BCUT2D eigenvalue weighted by atomic mass is 79.9. The number of nitrogens with zero attached hydrogens (tertiary/aromatic N) is 1. The number of hydrogen-bond acceptors (Lipinski definition) is 2. The number of amides is 1. The van der Waals surface area contributed by atoms with Gasteiger partial charge in [0.25, 0.3) is 0 Å². The van der Waals surface area contributed by atoms with E-state index in [2.05, 4.69) is 34.7 Å². The van der Waals surface area contributed by atoms with E-state index >= 15 is 0 Å². The zero-order valence-electron chi connectivity index (χ0n) is 13.5. The Bertz CT molecular complexity index is 440. The van der Waals surface area contributed by atoms with Crippen LogP contribution in [0.5, 0.6) is 0 Å². The molecule has 0 aromatic rings. The van der Waals surface area contributed by atoms with E-state index in [1.807, 2.05) is 25.7 Å². The quantitative estimate of drug-likeness (QED) is 0.481. The summed E-state index contributed by atoms with van der Waals surface area (Å²) in [5.74, 6) is 7.11. The van der Waals surface area contributed by atoms with Gasteiger partial charge in [0, 0.05) is 19.0 Å². The fourth-order valence-electron chi connectivity index (χ4n) is 3.22. The Hall–Kier alpha value is -0.690. The van der Waals surface area contributed by atoms with Crippen molar-refractivity contribution in [3.63, 3.8) is 0 Å². The van der Waals surface area contributed by atoms with Crippen LogP contribution in [0, 0.1) is 23.2 Å². The smallest absolute Gasteiger partial charge is 0.410 e. The lowest BCUT2D eigenvalue weighted by Gasteiger charge is -2.50. The summed E-state index contributed by atoms with van der Waals surface area (Å²) in [7, 11) is 0. The number of ether oxygens (including phenoxy) is 1. The Balaban J connectivity index is 1.78. The van der Waals surface area contributed by atoms with E-state index < -0.39 is 5.60 Å². The van der Waals surface area contributed by atoms with E-state index in [-0.39, 0.29) is 10.9 Å². The molecule has 0 unspecified atom stereocenters. The minimum Gasteiger partial charge on any atom is -0.444 e. The van der Waals surface area contributed by atoms with Crippen molar-refractivity contribution in [2.75, 3.05) is 13.1 Å². The molecular weight excluding hydrogens is 330 g/mol. The molecule has 1 saturated carbocycles. The highest BCUT2D eigenvalue weighted by molar-refractivity contribution is 9.09. The maximum atomic E-state index is 12.0. The normalized spacial score (nSPS) is 23.0. The van der Waals surface area contributed by atoms with Crippen molar-refractivity contribution < 1.29 is 9.53 Å².